The Morgan fingerprint density at radius 2 is 1.79 bits per heavy atom. The van der Waals surface area contributed by atoms with Crippen molar-refractivity contribution in [2.45, 2.75) is 77.7 Å². The van der Waals surface area contributed by atoms with Gasteiger partial charge in [0.25, 0.3) is 0 Å². The van der Waals surface area contributed by atoms with Crippen LogP contribution in [0.1, 0.15) is 83.4 Å². The fourth-order valence-corrected chi connectivity index (χ4v) is 2.36. The van der Waals surface area contributed by atoms with Gasteiger partial charge < -0.3 is 5.32 Å². The van der Waals surface area contributed by atoms with Crippen molar-refractivity contribution < 1.29 is 0 Å². The zero-order valence-electron chi connectivity index (χ0n) is 12.6. The molecule has 1 atom stereocenters. The molecule has 0 spiro atoms. The van der Waals surface area contributed by atoms with Gasteiger partial charge in [0.15, 0.2) is 0 Å². The van der Waals surface area contributed by atoms with Gasteiger partial charge in [-0.15, -0.1) is 0 Å². The van der Waals surface area contributed by atoms with Gasteiger partial charge in [-0.25, -0.2) is 0 Å². The zero-order valence-corrected chi connectivity index (χ0v) is 12.6. The Labute approximate surface area is 117 Å². The number of hydrogen-bond donors (Lipinski definition) is 2. The number of hydrogen-bond acceptors (Lipinski definition) is 3. The maximum atomic E-state index is 4.21. The Hall–Kier alpha value is -0.900. The van der Waals surface area contributed by atoms with Crippen LogP contribution in [0.3, 0.4) is 0 Å². The summed E-state index contributed by atoms with van der Waals surface area (Å²) in [4.78, 5) is 0. The van der Waals surface area contributed by atoms with E-state index in [-0.39, 0.29) is 0 Å². The molecule has 1 unspecified atom stereocenters. The van der Waals surface area contributed by atoms with Gasteiger partial charge >= 0.3 is 0 Å². The molecule has 0 aliphatic heterocycles. The molecular formula is C15H30N4. The predicted molar refractivity (Wildman–Crippen MR) is 80.0 cm³/mol. The summed E-state index contributed by atoms with van der Waals surface area (Å²) in [5.74, 6) is 0. The van der Waals surface area contributed by atoms with Crippen LogP contribution < -0.4 is 5.32 Å². The lowest BCUT2D eigenvalue weighted by molar-refractivity contribution is 0.457. The van der Waals surface area contributed by atoms with Gasteiger partial charge in [0.05, 0.1) is 17.9 Å². The van der Waals surface area contributed by atoms with Crippen LogP contribution >= 0.6 is 0 Å². The van der Waals surface area contributed by atoms with Gasteiger partial charge in [-0.3, -0.25) is 0 Å². The average molecular weight is 266 g/mol. The minimum atomic E-state index is 0.370. The Balaban J connectivity index is 2.15. The van der Waals surface area contributed by atoms with Crippen molar-refractivity contribution in [3.8, 4) is 0 Å². The van der Waals surface area contributed by atoms with Crippen molar-refractivity contribution in [2.24, 2.45) is 0 Å². The lowest BCUT2D eigenvalue weighted by Gasteiger charge is -2.15. The highest BCUT2D eigenvalue weighted by atomic mass is 15.3. The summed E-state index contributed by atoms with van der Waals surface area (Å²) >= 11 is 0. The Morgan fingerprint density at radius 3 is 2.42 bits per heavy atom. The largest absolute Gasteiger partial charge is 0.309 e. The van der Waals surface area contributed by atoms with E-state index in [0.29, 0.717) is 6.04 Å². The van der Waals surface area contributed by atoms with E-state index < -0.39 is 0 Å². The summed E-state index contributed by atoms with van der Waals surface area (Å²) < 4.78 is 0. The van der Waals surface area contributed by atoms with Gasteiger partial charge in [-0.2, -0.15) is 15.4 Å². The molecule has 0 bridgehead atoms. The van der Waals surface area contributed by atoms with E-state index in [4.69, 9.17) is 0 Å². The first-order valence-corrected chi connectivity index (χ1v) is 7.97. The highest BCUT2D eigenvalue weighted by Crippen LogP contribution is 2.18. The van der Waals surface area contributed by atoms with E-state index in [1.165, 1.54) is 51.4 Å². The zero-order chi connectivity index (χ0) is 13.8. The molecule has 0 aliphatic rings. The second-order valence-electron chi connectivity index (χ2n) is 5.31. The van der Waals surface area contributed by atoms with E-state index in [1.807, 2.05) is 6.20 Å². The second kappa shape index (κ2) is 11.0. The predicted octanol–water partition coefficient (Wildman–Crippen LogP) is 3.99. The molecule has 2 N–H and O–H groups in total. The number of rotatable bonds is 12. The summed E-state index contributed by atoms with van der Waals surface area (Å²) in [6, 6.07) is 0.370. The SMILES string of the molecule is CCCCCCCCCC(NCCC)c1cn[nH]n1. The maximum absolute atomic E-state index is 4.21. The third-order valence-electron chi connectivity index (χ3n) is 3.53. The quantitative estimate of drug-likeness (QED) is 0.562. The monoisotopic (exact) mass is 266 g/mol. The molecule has 0 amide bonds. The third kappa shape index (κ3) is 7.31. The van der Waals surface area contributed by atoms with Crippen molar-refractivity contribution in [2.75, 3.05) is 6.54 Å². The molecule has 1 aromatic rings. The Kier molecular flexibility index (Phi) is 9.33. The van der Waals surface area contributed by atoms with Crippen LogP contribution in [0, 0.1) is 0 Å². The van der Waals surface area contributed by atoms with E-state index in [9.17, 15) is 0 Å². The molecule has 0 aliphatic carbocycles. The van der Waals surface area contributed by atoms with Crippen molar-refractivity contribution >= 4 is 0 Å². The van der Waals surface area contributed by atoms with Gasteiger partial charge in [-0.1, -0.05) is 58.8 Å². The maximum Gasteiger partial charge on any atom is 0.0993 e. The normalized spacial score (nSPS) is 12.7. The number of unbranched alkanes of at least 4 members (excludes halogenated alkanes) is 6. The van der Waals surface area contributed by atoms with Crippen molar-refractivity contribution in [1.29, 1.82) is 0 Å². The van der Waals surface area contributed by atoms with Crippen molar-refractivity contribution in [3.05, 3.63) is 11.9 Å². The first kappa shape index (κ1) is 16.2. The minimum absolute atomic E-state index is 0.370. The fourth-order valence-electron chi connectivity index (χ4n) is 2.36. The highest BCUT2D eigenvalue weighted by Gasteiger charge is 2.12. The van der Waals surface area contributed by atoms with Crippen LogP contribution in [0.25, 0.3) is 0 Å². The molecule has 4 nitrogen and oxygen atoms in total. The van der Waals surface area contributed by atoms with E-state index in [2.05, 4.69) is 34.6 Å². The average Bonchev–Trinajstić information content (AvgIpc) is 2.95. The molecule has 1 heterocycles. The van der Waals surface area contributed by atoms with E-state index in [1.54, 1.807) is 0 Å². The van der Waals surface area contributed by atoms with Crippen LogP contribution in [-0.4, -0.2) is 22.0 Å². The molecule has 19 heavy (non-hydrogen) atoms. The van der Waals surface area contributed by atoms with Crippen LogP contribution in [0.15, 0.2) is 6.20 Å². The molecule has 1 rings (SSSR count). The molecular weight excluding hydrogens is 236 g/mol. The molecule has 110 valence electrons. The summed E-state index contributed by atoms with van der Waals surface area (Å²) in [5.41, 5.74) is 1.06. The first-order valence-electron chi connectivity index (χ1n) is 7.97. The smallest absolute Gasteiger partial charge is 0.0993 e. The molecule has 4 heteroatoms. The summed E-state index contributed by atoms with van der Waals surface area (Å²) in [5, 5.41) is 14.4. The highest BCUT2D eigenvalue weighted by molar-refractivity contribution is 4.99. The molecule has 0 fully saturated rings. The summed E-state index contributed by atoms with van der Waals surface area (Å²) in [6.07, 6.45) is 13.7. The van der Waals surface area contributed by atoms with E-state index in [0.717, 1.165) is 18.7 Å². The van der Waals surface area contributed by atoms with Crippen LogP contribution in [0.5, 0.6) is 0 Å². The number of nitrogens with one attached hydrogen (secondary N) is 2. The van der Waals surface area contributed by atoms with Crippen molar-refractivity contribution in [1.82, 2.24) is 20.7 Å². The fraction of sp³-hybridized carbons (Fsp3) is 0.867. The first-order chi connectivity index (χ1) is 9.38. The lowest BCUT2D eigenvalue weighted by Crippen LogP contribution is -2.22. The van der Waals surface area contributed by atoms with Crippen LogP contribution in [-0.2, 0) is 0 Å². The summed E-state index contributed by atoms with van der Waals surface area (Å²) in [7, 11) is 0. The van der Waals surface area contributed by atoms with Gasteiger partial charge in [0.1, 0.15) is 0 Å². The molecule has 0 radical (unpaired) electrons. The number of nitrogens with zero attached hydrogens (tertiary/aromatic N) is 2. The number of H-pyrrole nitrogens is 1. The Morgan fingerprint density at radius 1 is 1.05 bits per heavy atom. The van der Waals surface area contributed by atoms with E-state index >= 15 is 0 Å². The summed E-state index contributed by atoms with van der Waals surface area (Å²) in [6.45, 7) is 5.51. The van der Waals surface area contributed by atoms with Crippen molar-refractivity contribution in [3.63, 3.8) is 0 Å². The molecule has 0 saturated carbocycles. The lowest BCUT2D eigenvalue weighted by atomic mass is 10.0. The molecule has 0 aromatic carbocycles. The number of aromatic amines is 1. The van der Waals surface area contributed by atoms with Gasteiger partial charge in [0.2, 0.25) is 0 Å². The van der Waals surface area contributed by atoms with Crippen LogP contribution in [0.4, 0.5) is 0 Å². The topological polar surface area (TPSA) is 53.6 Å². The third-order valence-corrected chi connectivity index (χ3v) is 3.53. The minimum Gasteiger partial charge on any atom is -0.309 e. The van der Waals surface area contributed by atoms with Crippen LogP contribution in [0.2, 0.25) is 0 Å². The molecule has 1 aromatic heterocycles. The van der Waals surface area contributed by atoms with Gasteiger partial charge in [-0.05, 0) is 19.4 Å². The van der Waals surface area contributed by atoms with Gasteiger partial charge in [0, 0.05) is 0 Å². The number of aromatic nitrogens is 3. The Bertz CT molecular complexity index is 284. The second-order valence-corrected chi connectivity index (χ2v) is 5.31. The molecule has 0 saturated heterocycles. The standard InChI is InChI=1S/C15H30N4/c1-3-5-6-7-8-9-10-11-14(16-12-4-2)15-13-17-19-18-15/h13-14,16H,3-12H2,1-2H3,(H,17,18,19).